The lowest BCUT2D eigenvalue weighted by molar-refractivity contribution is -0.115. The van der Waals surface area contributed by atoms with Crippen LogP contribution >= 0.6 is 35.0 Å². The smallest absolute Gasteiger partial charge is 0.272 e. The number of hydrogen-bond acceptors (Lipinski definition) is 4. The molecule has 0 saturated carbocycles. The fraction of sp³-hybridized carbons (Fsp3) is 0.0938. The molecule has 0 bridgehead atoms. The molecule has 0 aromatic heterocycles. The van der Waals surface area contributed by atoms with Crippen molar-refractivity contribution < 1.29 is 14.4 Å². The van der Waals surface area contributed by atoms with E-state index in [4.69, 9.17) is 23.2 Å². The first-order chi connectivity index (χ1) is 19.7. The molecular weight excluding hydrogens is 577 g/mol. The molecule has 0 heterocycles. The van der Waals surface area contributed by atoms with Gasteiger partial charge in [0, 0.05) is 21.2 Å². The molecule has 41 heavy (non-hydrogen) atoms. The summed E-state index contributed by atoms with van der Waals surface area (Å²) < 4.78 is 0. The second-order valence-electron chi connectivity index (χ2n) is 9.14. The van der Waals surface area contributed by atoms with Gasteiger partial charge < -0.3 is 16.0 Å². The minimum atomic E-state index is -0.486. The van der Waals surface area contributed by atoms with Gasteiger partial charge in [-0.3, -0.25) is 14.4 Å². The van der Waals surface area contributed by atoms with Crippen LogP contribution in [0.4, 0.5) is 11.4 Å². The Balaban J connectivity index is 1.47. The highest BCUT2D eigenvalue weighted by Crippen LogP contribution is 2.29. The number of aryl methyl sites for hydroxylation is 1. The summed E-state index contributed by atoms with van der Waals surface area (Å²) in [6.45, 7) is 3.75. The number of carbonyl (C=O) groups is 3. The highest BCUT2D eigenvalue weighted by atomic mass is 35.5. The maximum absolute atomic E-state index is 13.4. The van der Waals surface area contributed by atoms with E-state index in [1.54, 1.807) is 73.7 Å². The van der Waals surface area contributed by atoms with Crippen molar-refractivity contribution in [1.82, 2.24) is 5.32 Å². The molecule has 4 aromatic carbocycles. The van der Waals surface area contributed by atoms with Gasteiger partial charge in [-0.05, 0) is 74.0 Å². The zero-order valence-electron chi connectivity index (χ0n) is 22.3. The molecule has 0 radical (unpaired) electrons. The molecule has 3 N–H and O–H groups in total. The van der Waals surface area contributed by atoms with Crippen LogP contribution in [0.25, 0.3) is 6.08 Å². The van der Waals surface area contributed by atoms with Crippen molar-refractivity contribution in [2.75, 3.05) is 10.6 Å². The topological polar surface area (TPSA) is 87.3 Å². The van der Waals surface area contributed by atoms with E-state index in [0.717, 1.165) is 16.0 Å². The number of carbonyl (C=O) groups excluding carboxylic acids is 3. The maximum atomic E-state index is 13.4. The largest absolute Gasteiger partial charge is 0.324 e. The van der Waals surface area contributed by atoms with Gasteiger partial charge in [0.05, 0.1) is 16.0 Å². The summed E-state index contributed by atoms with van der Waals surface area (Å²) in [5.41, 5.74) is 3.35. The van der Waals surface area contributed by atoms with Crippen LogP contribution in [0, 0.1) is 6.92 Å². The van der Waals surface area contributed by atoms with Crippen LogP contribution in [0.1, 0.15) is 28.4 Å². The average Bonchev–Trinajstić information content (AvgIpc) is 2.95. The van der Waals surface area contributed by atoms with Crippen molar-refractivity contribution in [2.24, 2.45) is 0 Å². The molecule has 0 aliphatic heterocycles. The zero-order valence-corrected chi connectivity index (χ0v) is 24.6. The molecular formula is C32H27Cl2N3O3S. The number of anilines is 2. The van der Waals surface area contributed by atoms with E-state index in [2.05, 4.69) is 16.0 Å². The van der Waals surface area contributed by atoms with Crippen molar-refractivity contribution in [3.05, 3.63) is 129 Å². The molecule has 0 aliphatic rings. The van der Waals surface area contributed by atoms with Gasteiger partial charge in [-0.1, -0.05) is 77.3 Å². The third-order valence-corrected chi connectivity index (χ3v) is 7.52. The summed E-state index contributed by atoms with van der Waals surface area (Å²) in [7, 11) is 0. The Morgan fingerprint density at radius 2 is 1.56 bits per heavy atom. The van der Waals surface area contributed by atoms with Gasteiger partial charge in [-0.25, -0.2) is 0 Å². The first kappa shape index (κ1) is 29.9. The predicted molar refractivity (Wildman–Crippen MR) is 169 cm³/mol. The van der Waals surface area contributed by atoms with Crippen LogP contribution in [0.5, 0.6) is 0 Å². The number of nitrogens with one attached hydrogen (secondary N) is 3. The van der Waals surface area contributed by atoms with Gasteiger partial charge in [0.25, 0.3) is 11.8 Å². The Bertz CT molecular complexity index is 1590. The second kappa shape index (κ2) is 14.0. The number of amides is 3. The Hall–Kier alpha value is -4.04. The Morgan fingerprint density at radius 1 is 0.829 bits per heavy atom. The second-order valence-corrected chi connectivity index (χ2v) is 11.4. The molecule has 0 aliphatic carbocycles. The van der Waals surface area contributed by atoms with Gasteiger partial charge in [0.1, 0.15) is 5.70 Å². The zero-order chi connectivity index (χ0) is 29.4. The van der Waals surface area contributed by atoms with Gasteiger partial charge in [-0.2, -0.15) is 0 Å². The number of rotatable bonds is 9. The Kier molecular flexibility index (Phi) is 10.2. The average molecular weight is 605 g/mol. The van der Waals surface area contributed by atoms with Crippen molar-refractivity contribution in [1.29, 1.82) is 0 Å². The van der Waals surface area contributed by atoms with Crippen molar-refractivity contribution in [3.63, 3.8) is 0 Å². The normalized spacial score (nSPS) is 11.9. The third kappa shape index (κ3) is 8.72. The van der Waals surface area contributed by atoms with E-state index in [1.165, 1.54) is 11.8 Å². The highest BCUT2D eigenvalue weighted by Gasteiger charge is 2.18. The summed E-state index contributed by atoms with van der Waals surface area (Å²) in [5, 5.41) is 8.78. The summed E-state index contributed by atoms with van der Waals surface area (Å²) >= 11 is 13.4. The lowest BCUT2D eigenvalue weighted by Gasteiger charge is -2.15. The monoisotopic (exact) mass is 603 g/mol. The fourth-order valence-electron chi connectivity index (χ4n) is 3.70. The van der Waals surface area contributed by atoms with Crippen LogP contribution in [0.3, 0.4) is 0 Å². The van der Waals surface area contributed by atoms with E-state index >= 15 is 0 Å². The molecule has 9 heteroatoms. The number of thioether (sulfide) groups is 1. The minimum Gasteiger partial charge on any atom is -0.324 e. The SMILES string of the molecule is Cc1ccc(/C=C(\NC(=O)c2ccccc2)C(=O)Nc2cccc(SC(C)C(=O)Nc3ccc(Cl)cc3Cl)c2)cc1. The van der Waals surface area contributed by atoms with Crippen molar-refractivity contribution in [3.8, 4) is 0 Å². The van der Waals surface area contributed by atoms with Crippen LogP contribution in [0.2, 0.25) is 10.0 Å². The van der Waals surface area contributed by atoms with Crippen molar-refractivity contribution in [2.45, 2.75) is 24.0 Å². The molecule has 0 fully saturated rings. The molecule has 6 nitrogen and oxygen atoms in total. The number of hydrogen-bond donors (Lipinski definition) is 3. The minimum absolute atomic E-state index is 0.0911. The van der Waals surface area contributed by atoms with E-state index in [9.17, 15) is 14.4 Å². The summed E-state index contributed by atoms with van der Waals surface area (Å²) in [5.74, 6) is -1.12. The maximum Gasteiger partial charge on any atom is 0.272 e. The summed E-state index contributed by atoms with van der Waals surface area (Å²) in [6, 6.07) is 28.3. The molecule has 1 unspecified atom stereocenters. The van der Waals surface area contributed by atoms with Gasteiger partial charge in [0.2, 0.25) is 5.91 Å². The van der Waals surface area contributed by atoms with Crippen LogP contribution in [-0.2, 0) is 9.59 Å². The number of halogens is 2. The standard InChI is InChI=1S/C32H27Cl2N3O3S/c1-20-11-13-22(14-12-20)17-29(37-31(39)23-7-4-3-5-8-23)32(40)35-25-9-6-10-26(19-25)41-21(2)30(38)36-28-16-15-24(33)18-27(28)34/h3-19,21H,1-2H3,(H,35,40)(H,36,38)(H,37,39)/b29-17-. The van der Waals surface area contributed by atoms with Crippen molar-refractivity contribution >= 4 is 70.1 Å². The number of benzene rings is 4. The molecule has 0 spiro atoms. The first-order valence-corrected chi connectivity index (χ1v) is 14.3. The molecule has 3 amide bonds. The van der Waals surface area contributed by atoms with E-state index in [1.807, 2.05) is 43.3 Å². The quantitative estimate of drug-likeness (QED) is 0.134. The van der Waals surface area contributed by atoms with E-state index in [-0.39, 0.29) is 11.6 Å². The van der Waals surface area contributed by atoms with Gasteiger partial charge in [-0.15, -0.1) is 11.8 Å². The van der Waals surface area contributed by atoms with Crippen LogP contribution in [0.15, 0.2) is 108 Å². The fourth-order valence-corrected chi connectivity index (χ4v) is 5.08. The van der Waals surface area contributed by atoms with E-state index < -0.39 is 17.1 Å². The third-order valence-electron chi connectivity index (χ3n) is 5.88. The van der Waals surface area contributed by atoms with Crippen LogP contribution in [-0.4, -0.2) is 23.0 Å². The summed E-state index contributed by atoms with van der Waals surface area (Å²) in [4.78, 5) is 39.8. The van der Waals surface area contributed by atoms with Crippen LogP contribution < -0.4 is 16.0 Å². The molecule has 4 rings (SSSR count). The molecule has 208 valence electrons. The Labute approximate surface area is 253 Å². The lowest BCUT2D eigenvalue weighted by atomic mass is 10.1. The van der Waals surface area contributed by atoms with E-state index in [0.29, 0.717) is 27.0 Å². The first-order valence-electron chi connectivity index (χ1n) is 12.7. The Morgan fingerprint density at radius 3 is 2.27 bits per heavy atom. The summed E-state index contributed by atoms with van der Waals surface area (Å²) in [6.07, 6.45) is 1.63. The molecule has 4 aromatic rings. The van der Waals surface area contributed by atoms with Gasteiger partial charge >= 0.3 is 0 Å². The van der Waals surface area contributed by atoms with Gasteiger partial charge in [0.15, 0.2) is 0 Å². The molecule has 1 atom stereocenters. The lowest BCUT2D eigenvalue weighted by Crippen LogP contribution is -2.30. The molecule has 0 saturated heterocycles. The predicted octanol–water partition coefficient (Wildman–Crippen LogP) is 7.83. The highest BCUT2D eigenvalue weighted by molar-refractivity contribution is 8.00.